The van der Waals surface area contributed by atoms with Gasteiger partial charge in [0.05, 0.1) is 5.69 Å². The number of benzene rings is 3. The fourth-order valence-corrected chi connectivity index (χ4v) is 2.94. The fraction of sp³-hybridized carbons (Fsp3) is 0.0833. The van der Waals surface area contributed by atoms with Gasteiger partial charge < -0.3 is 10.1 Å². The maximum absolute atomic E-state index is 12.5. The minimum absolute atomic E-state index is 0.133. The summed E-state index contributed by atoms with van der Waals surface area (Å²) in [6.07, 6.45) is 3.63. The molecular weight excluding hydrogens is 362 g/mol. The Labute approximate surface area is 169 Å². The number of ether oxygens (including phenoxy) is 1. The first kappa shape index (κ1) is 18.5. The van der Waals surface area contributed by atoms with Crippen LogP contribution in [0.15, 0.2) is 97.3 Å². The van der Waals surface area contributed by atoms with Gasteiger partial charge in [-0.05, 0) is 47.5 Å². The van der Waals surface area contributed by atoms with Crippen molar-refractivity contribution in [2.75, 3.05) is 0 Å². The lowest BCUT2D eigenvalue weighted by molar-refractivity contribution is 0.0950. The lowest BCUT2D eigenvalue weighted by Crippen LogP contribution is -2.22. The van der Waals surface area contributed by atoms with Gasteiger partial charge in [-0.15, -0.1) is 0 Å². The third-order valence-electron chi connectivity index (χ3n) is 4.50. The number of aromatic nitrogens is 2. The van der Waals surface area contributed by atoms with Gasteiger partial charge in [-0.1, -0.05) is 48.5 Å². The fourth-order valence-electron chi connectivity index (χ4n) is 2.94. The molecule has 1 N–H and O–H groups in total. The molecule has 1 amide bonds. The molecule has 4 aromatic rings. The van der Waals surface area contributed by atoms with Crippen molar-refractivity contribution in [2.24, 2.45) is 0 Å². The number of carbonyl (C=O) groups excluding carboxylic acids is 1. The highest BCUT2D eigenvalue weighted by Gasteiger charge is 2.07. The van der Waals surface area contributed by atoms with Gasteiger partial charge in [0, 0.05) is 24.5 Å². The Morgan fingerprint density at radius 1 is 0.897 bits per heavy atom. The summed E-state index contributed by atoms with van der Waals surface area (Å²) >= 11 is 0. The van der Waals surface area contributed by atoms with Crippen LogP contribution >= 0.6 is 0 Å². The zero-order valence-corrected chi connectivity index (χ0v) is 15.9. The summed E-state index contributed by atoms with van der Waals surface area (Å²) < 4.78 is 7.60. The van der Waals surface area contributed by atoms with Crippen LogP contribution in [0.4, 0.5) is 0 Å². The van der Waals surface area contributed by atoms with Crippen molar-refractivity contribution in [1.82, 2.24) is 15.1 Å². The van der Waals surface area contributed by atoms with Gasteiger partial charge in [0.2, 0.25) is 0 Å². The summed E-state index contributed by atoms with van der Waals surface area (Å²) in [5, 5.41) is 7.16. The average molecular weight is 383 g/mol. The lowest BCUT2D eigenvalue weighted by Gasteiger charge is -2.09. The van der Waals surface area contributed by atoms with Crippen molar-refractivity contribution in [3.05, 3.63) is 114 Å². The first-order valence-corrected chi connectivity index (χ1v) is 9.42. The molecule has 1 aromatic heterocycles. The Kier molecular flexibility index (Phi) is 5.67. The van der Waals surface area contributed by atoms with Crippen LogP contribution in [0, 0.1) is 0 Å². The summed E-state index contributed by atoms with van der Waals surface area (Å²) in [5.41, 5.74) is 3.66. The first-order valence-electron chi connectivity index (χ1n) is 9.42. The van der Waals surface area contributed by atoms with Crippen molar-refractivity contribution in [3.8, 4) is 11.4 Å². The van der Waals surface area contributed by atoms with E-state index in [2.05, 4.69) is 10.4 Å². The van der Waals surface area contributed by atoms with E-state index in [0.717, 1.165) is 16.8 Å². The molecule has 144 valence electrons. The summed E-state index contributed by atoms with van der Waals surface area (Å²) in [6.45, 7) is 0.918. The van der Waals surface area contributed by atoms with E-state index >= 15 is 0 Å². The number of rotatable bonds is 7. The Bertz CT molecular complexity index is 1060. The van der Waals surface area contributed by atoms with Crippen LogP contribution in [0.25, 0.3) is 5.69 Å². The highest BCUT2D eigenvalue weighted by Crippen LogP contribution is 2.16. The molecule has 0 aliphatic carbocycles. The van der Waals surface area contributed by atoms with E-state index in [1.807, 2.05) is 79.0 Å². The summed E-state index contributed by atoms with van der Waals surface area (Å²) in [5.74, 6) is 0.538. The Morgan fingerprint density at radius 2 is 1.72 bits per heavy atom. The molecule has 0 aliphatic heterocycles. The van der Waals surface area contributed by atoms with Gasteiger partial charge in [-0.25, -0.2) is 4.68 Å². The number of hydrogen-bond acceptors (Lipinski definition) is 3. The van der Waals surface area contributed by atoms with Gasteiger partial charge in [0.1, 0.15) is 12.4 Å². The molecule has 0 radical (unpaired) electrons. The largest absolute Gasteiger partial charge is 0.489 e. The molecular formula is C24H21N3O2. The molecule has 0 saturated carbocycles. The number of hydrogen-bond donors (Lipinski definition) is 1. The second kappa shape index (κ2) is 8.89. The topological polar surface area (TPSA) is 56.2 Å². The van der Waals surface area contributed by atoms with Crippen molar-refractivity contribution < 1.29 is 9.53 Å². The zero-order chi connectivity index (χ0) is 19.9. The molecule has 3 aromatic carbocycles. The summed E-state index contributed by atoms with van der Waals surface area (Å²) in [6, 6.07) is 27.0. The van der Waals surface area contributed by atoms with Crippen LogP contribution in [0.3, 0.4) is 0 Å². The third kappa shape index (κ3) is 4.90. The second-order valence-electron chi connectivity index (χ2n) is 6.60. The molecule has 0 fully saturated rings. The molecule has 0 aliphatic rings. The normalized spacial score (nSPS) is 10.5. The first-order chi connectivity index (χ1) is 14.3. The zero-order valence-electron chi connectivity index (χ0n) is 15.9. The smallest absolute Gasteiger partial charge is 0.251 e. The monoisotopic (exact) mass is 383 g/mol. The van der Waals surface area contributed by atoms with E-state index in [4.69, 9.17) is 4.74 Å². The van der Waals surface area contributed by atoms with E-state index in [1.165, 1.54) is 0 Å². The van der Waals surface area contributed by atoms with Crippen LogP contribution in [0.5, 0.6) is 5.75 Å². The van der Waals surface area contributed by atoms with Crippen molar-refractivity contribution in [2.45, 2.75) is 13.2 Å². The minimum atomic E-state index is -0.133. The van der Waals surface area contributed by atoms with Crippen molar-refractivity contribution in [1.29, 1.82) is 0 Å². The molecule has 5 heteroatoms. The molecule has 0 spiro atoms. The van der Waals surface area contributed by atoms with Crippen LogP contribution in [0.2, 0.25) is 0 Å². The molecule has 0 saturated heterocycles. The predicted octanol–water partition coefficient (Wildman–Crippen LogP) is 4.38. The Morgan fingerprint density at radius 3 is 2.48 bits per heavy atom. The molecule has 5 nitrogen and oxygen atoms in total. The minimum Gasteiger partial charge on any atom is -0.489 e. The number of nitrogens with zero attached hydrogens (tertiary/aromatic N) is 2. The molecule has 0 atom stereocenters. The maximum atomic E-state index is 12.5. The lowest BCUT2D eigenvalue weighted by atomic mass is 10.1. The van der Waals surface area contributed by atoms with Gasteiger partial charge in [0.15, 0.2) is 0 Å². The van der Waals surface area contributed by atoms with Crippen LogP contribution < -0.4 is 10.1 Å². The highest BCUT2D eigenvalue weighted by atomic mass is 16.5. The Hall–Kier alpha value is -3.86. The van der Waals surface area contributed by atoms with E-state index < -0.39 is 0 Å². The quantitative estimate of drug-likeness (QED) is 0.515. The van der Waals surface area contributed by atoms with Crippen LogP contribution in [-0.2, 0) is 13.2 Å². The molecule has 1 heterocycles. The number of carbonyl (C=O) groups is 1. The van der Waals surface area contributed by atoms with Crippen LogP contribution in [0.1, 0.15) is 21.5 Å². The predicted molar refractivity (Wildman–Crippen MR) is 112 cm³/mol. The van der Waals surface area contributed by atoms with E-state index in [-0.39, 0.29) is 5.91 Å². The van der Waals surface area contributed by atoms with Gasteiger partial charge in [0.25, 0.3) is 5.91 Å². The molecule has 0 unspecified atom stereocenters. The number of amides is 1. The summed E-state index contributed by atoms with van der Waals surface area (Å²) in [4.78, 5) is 12.5. The van der Waals surface area contributed by atoms with Gasteiger partial charge >= 0.3 is 0 Å². The molecule has 0 bridgehead atoms. The molecule has 4 rings (SSSR count). The Balaban J connectivity index is 1.33. The van der Waals surface area contributed by atoms with E-state index in [9.17, 15) is 4.79 Å². The number of nitrogens with one attached hydrogen (secondary N) is 1. The van der Waals surface area contributed by atoms with E-state index in [1.54, 1.807) is 23.0 Å². The maximum Gasteiger partial charge on any atom is 0.251 e. The van der Waals surface area contributed by atoms with Gasteiger partial charge in [-0.3, -0.25) is 4.79 Å². The third-order valence-corrected chi connectivity index (χ3v) is 4.50. The average Bonchev–Trinajstić information content (AvgIpc) is 3.32. The van der Waals surface area contributed by atoms with Crippen molar-refractivity contribution in [3.63, 3.8) is 0 Å². The summed E-state index contributed by atoms with van der Waals surface area (Å²) in [7, 11) is 0. The highest BCUT2D eigenvalue weighted by molar-refractivity contribution is 5.94. The van der Waals surface area contributed by atoms with E-state index in [0.29, 0.717) is 24.5 Å². The second-order valence-corrected chi connectivity index (χ2v) is 6.60. The van der Waals surface area contributed by atoms with Crippen LogP contribution in [-0.4, -0.2) is 15.7 Å². The molecule has 29 heavy (non-hydrogen) atoms. The van der Waals surface area contributed by atoms with Crippen molar-refractivity contribution >= 4 is 5.91 Å². The SMILES string of the molecule is O=C(NCc1ccc(-n2cccn2)cc1)c1cccc(OCc2ccccc2)c1. The standard InChI is InChI=1S/C24H21N3O2/c28-24(25-17-19-10-12-22(13-11-19)27-15-5-14-26-27)21-8-4-9-23(16-21)29-18-20-6-2-1-3-7-20/h1-16H,17-18H2,(H,25,28). The van der Waals surface area contributed by atoms with Gasteiger partial charge in [-0.2, -0.15) is 5.10 Å².